The van der Waals surface area contributed by atoms with Gasteiger partial charge in [0.1, 0.15) is 10.8 Å². The largest absolute Gasteiger partial charge is 0.417 e. The fourth-order valence-electron chi connectivity index (χ4n) is 4.78. The van der Waals surface area contributed by atoms with E-state index < -0.39 is 29.0 Å². The predicted molar refractivity (Wildman–Crippen MR) is 137 cm³/mol. The lowest BCUT2D eigenvalue weighted by atomic mass is 9.92. The summed E-state index contributed by atoms with van der Waals surface area (Å²) < 4.78 is 84.0. The van der Waals surface area contributed by atoms with Crippen molar-refractivity contribution < 1.29 is 31.1 Å². The highest BCUT2D eigenvalue weighted by Crippen LogP contribution is 2.34. The van der Waals surface area contributed by atoms with Gasteiger partial charge in [0.2, 0.25) is 0 Å². The molecule has 1 saturated heterocycles. The Hall–Kier alpha value is -3.11. The number of piperazine rings is 1. The third kappa shape index (κ3) is 7.51. The van der Waals surface area contributed by atoms with E-state index in [4.69, 9.17) is 22.2 Å². The van der Waals surface area contributed by atoms with E-state index in [1.807, 2.05) is 9.80 Å². The van der Waals surface area contributed by atoms with Crippen LogP contribution in [-0.4, -0.2) is 59.8 Å². The van der Waals surface area contributed by atoms with Crippen LogP contribution in [0.15, 0.2) is 36.5 Å². The molecule has 2 aromatic rings. The zero-order valence-electron chi connectivity index (χ0n) is 20.9. The third-order valence-corrected chi connectivity index (χ3v) is 7.34. The molecular weight excluding hydrogens is 544 g/mol. The predicted octanol–water partition coefficient (Wildman–Crippen LogP) is 5.88. The minimum atomic E-state index is -4.60. The zero-order valence-corrected chi connectivity index (χ0v) is 21.7. The number of pyridine rings is 1. The molecule has 1 aliphatic carbocycles. The second-order valence-corrected chi connectivity index (χ2v) is 10.0. The topological polar surface area (TPSA) is 64.4 Å². The van der Waals surface area contributed by atoms with E-state index in [-0.39, 0.29) is 18.8 Å². The van der Waals surface area contributed by atoms with Gasteiger partial charge in [-0.25, -0.2) is 4.98 Å². The maximum Gasteiger partial charge on any atom is 0.417 e. The van der Waals surface area contributed by atoms with Crippen LogP contribution >= 0.6 is 12.2 Å². The summed E-state index contributed by atoms with van der Waals surface area (Å²) in [6.07, 6.45) is -5.28. The summed E-state index contributed by atoms with van der Waals surface area (Å²) >= 11 is 5.54. The van der Waals surface area contributed by atoms with Crippen molar-refractivity contribution in [3.05, 3.63) is 53.2 Å². The first-order chi connectivity index (χ1) is 18.4. The number of nitriles is 1. The number of benzene rings is 1. The fraction of sp³-hybridized carbons (Fsp3) is 0.500. The number of halogens is 6. The maximum atomic E-state index is 13.2. The normalized spacial score (nSPS) is 20.4. The van der Waals surface area contributed by atoms with Crippen LogP contribution in [0, 0.1) is 11.3 Å². The van der Waals surface area contributed by atoms with Crippen LogP contribution in [0.4, 0.5) is 37.8 Å². The summed E-state index contributed by atoms with van der Waals surface area (Å²) in [6, 6.07) is 7.64. The summed E-state index contributed by atoms with van der Waals surface area (Å²) in [6.45, 7) is 2.63. The molecule has 0 radical (unpaired) electrons. The fourth-order valence-corrected chi connectivity index (χ4v) is 5.03. The van der Waals surface area contributed by atoms with E-state index in [0.29, 0.717) is 42.7 Å². The van der Waals surface area contributed by atoms with Crippen LogP contribution in [-0.2, 0) is 17.1 Å². The molecule has 2 heterocycles. The lowest BCUT2D eigenvalue weighted by Gasteiger charge is -2.37. The number of hydrogen-bond donors (Lipinski definition) is 1. The Morgan fingerprint density at radius 2 is 1.69 bits per heavy atom. The molecule has 39 heavy (non-hydrogen) atoms. The summed E-state index contributed by atoms with van der Waals surface area (Å²) in [5.41, 5.74) is -1.80. The Balaban J connectivity index is 1.18. The summed E-state index contributed by atoms with van der Waals surface area (Å²) in [5.74, 6) is 0.492. The van der Waals surface area contributed by atoms with Gasteiger partial charge in [-0.2, -0.15) is 31.6 Å². The first-order valence-corrected chi connectivity index (χ1v) is 12.9. The van der Waals surface area contributed by atoms with Crippen molar-refractivity contribution in [1.29, 1.82) is 5.26 Å². The average Bonchev–Trinajstić information content (AvgIpc) is 2.91. The number of rotatable bonds is 6. The number of thiocarbonyl (C=S) groups is 1. The van der Waals surface area contributed by atoms with Crippen molar-refractivity contribution in [2.75, 3.05) is 43.0 Å². The molecule has 1 N–H and O–H groups in total. The molecule has 1 saturated carbocycles. The minimum Gasteiger partial charge on any atom is -0.382 e. The lowest BCUT2D eigenvalue weighted by molar-refractivity contribution is -0.138. The molecule has 0 bridgehead atoms. The molecule has 0 unspecified atom stereocenters. The highest BCUT2D eigenvalue weighted by atomic mass is 32.1. The van der Waals surface area contributed by atoms with Gasteiger partial charge in [0.05, 0.1) is 35.5 Å². The van der Waals surface area contributed by atoms with Crippen LogP contribution < -0.4 is 10.2 Å². The first-order valence-electron chi connectivity index (χ1n) is 12.5. The summed E-state index contributed by atoms with van der Waals surface area (Å²) in [5, 5.41) is 12.1. The molecule has 1 aromatic carbocycles. The van der Waals surface area contributed by atoms with E-state index in [2.05, 4.69) is 10.3 Å². The highest BCUT2D eigenvalue weighted by Gasteiger charge is 2.34. The van der Waals surface area contributed by atoms with Crippen molar-refractivity contribution in [3.63, 3.8) is 0 Å². The number of nitrogens with zero attached hydrogens (tertiary/aromatic N) is 4. The Bertz CT molecular complexity index is 1180. The smallest absolute Gasteiger partial charge is 0.382 e. The van der Waals surface area contributed by atoms with Crippen molar-refractivity contribution in [2.45, 2.75) is 50.2 Å². The minimum absolute atomic E-state index is 0.00212. The van der Waals surface area contributed by atoms with Crippen molar-refractivity contribution in [2.24, 2.45) is 0 Å². The van der Waals surface area contributed by atoms with Gasteiger partial charge < -0.3 is 19.9 Å². The molecule has 2 aliphatic rings. The summed E-state index contributed by atoms with van der Waals surface area (Å²) in [4.78, 5) is 8.55. The Kier molecular flexibility index (Phi) is 8.86. The second-order valence-electron chi connectivity index (χ2n) is 9.57. The van der Waals surface area contributed by atoms with Gasteiger partial charge in [-0.05, 0) is 56.0 Å². The maximum absolute atomic E-state index is 13.2. The van der Waals surface area contributed by atoms with E-state index in [1.54, 1.807) is 6.07 Å². The molecule has 2 fully saturated rings. The standard InChI is InChI=1S/C26H27F6N5OS/c27-25(28,29)18-2-8-23(34-15-18)36-9-11-37(12-10-36)24(39)16-38-21-6-4-19(5-7-21)35-20-3-1-17(14-33)22(13-20)26(30,31)32/h1-3,8,13,15,19,21,35H,4-7,9-12,16H2/t19-,21-. The van der Waals surface area contributed by atoms with Gasteiger partial charge in [-0.15, -0.1) is 0 Å². The number of alkyl halides is 6. The molecule has 0 amide bonds. The Labute approximate surface area is 227 Å². The van der Waals surface area contributed by atoms with Gasteiger partial charge >= 0.3 is 12.4 Å². The average molecular weight is 572 g/mol. The molecule has 210 valence electrons. The highest BCUT2D eigenvalue weighted by molar-refractivity contribution is 7.80. The number of aromatic nitrogens is 1. The Morgan fingerprint density at radius 3 is 2.26 bits per heavy atom. The third-order valence-electron chi connectivity index (χ3n) is 6.96. The van der Waals surface area contributed by atoms with Gasteiger partial charge in [-0.1, -0.05) is 12.2 Å². The van der Waals surface area contributed by atoms with Crippen molar-refractivity contribution >= 4 is 28.7 Å². The van der Waals surface area contributed by atoms with Gasteiger partial charge in [-0.3, -0.25) is 0 Å². The number of ether oxygens (including phenoxy) is 1. The summed E-state index contributed by atoms with van der Waals surface area (Å²) in [7, 11) is 0. The molecular formula is C26H27F6N5OS. The molecule has 1 aliphatic heterocycles. The molecule has 4 rings (SSSR count). The zero-order chi connectivity index (χ0) is 28.2. The lowest BCUT2D eigenvalue weighted by Crippen LogP contribution is -2.49. The number of anilines is 2. The van der Waals surface area contributed by atoms with Crippen LogP contribution in [0.1, 0.15) is 42.4 Å². The quantitative estimate of drug-likeness (QED) is 0.343. The Morgan fingerprint density at radius 1 is 1.00 bits per heavy atom. The van der Waals surface area contributed by atoms with Crippen molar-refractivity contribution in [1.82, 2.24) is 9.88 Å². The van der Waals surface area contributed by atoms with Gasteiger partial charge in [0.25, 0.3) is 0 Å². The van der Waals surface area contributed by atoms with E-state index >= 15 is 0 Å². The van der Waals surface area contributed by atoms with Crippen LogP contribution in [0.25, 0.3) is 0 Å². The molecule has 6 nitrogen and oxygen atoms in total. The van der Waals surface area contributed by atoms with E-state index in [0.717, 1.165) is 44.0 Å². The second kappa shape index (κ2) is 12.0. The number of nitrogens with one attached hydrogen (secondary N) is 1. The van der Waals surface area contributed by atoms with Gasteiger partial charge in [0, 0.05) is 44.1 Å². The van der Waals surface area contributed by atoms with E-state index in [9.17, 15) is 26.3 Å². The van der Waals surface area contributed by atoms with Gasteiger partial charge in [0.15, 0.2) is 0 Å². The SMILES string of the molecule is N#Cc1ccc(N[C@H]2CC[C@H](OCC(=S)N3CCN(c4ccc(C(F)(F)F)cn4)CC3)CC2)cc1C(F)(F)F. The van der Waals surface area contributed by atoms with E-state index in [1.165, 1.54) is 18.2 Å². The van der Waals surface area contributed by atoms with Crippen LogP contribution in [0.3, 0.4) is 0 Å². The van der Waals surface area contributed by atoms with Crippen LogP contribution in [0.2, 0.25) is 0 Å². The number of hydrogen-bond acceptors (Lipinski definition) is 6. The molecule has 0 atom stereocenters. The van der Waals surface area contributed by atoms with Crippen molar-refractivity contribution in [3.8, 4) is 6.07 Å². The molecule has 1 aromatic heterocycles. The van der Waals surface area contributed by atoms with Crippen LogP contribution in [0.5, 0.6) is 0 Å². The molecule has 13 heteroatoms. The monoisotopic (exact) mass is 571 g/mol. The first kappa shape index (κ1) is 28.9. The molecule has 0 spiro atoms.